The van der Waals surface area contributed by atoms with Crippen molar-refractivity contribution >= 4 is 27.4 Å². The predicted molar refractivity (Wildman–Crippen MR) is 84.7 cm³/mol. The highest BCUT2D eigenvalue weighted by Gasteiger charge is 2.13. The summed E-state index contributed by atoms with van der Waals surface area (Å²) < 4.78 is 0. The Morgan fingerprint density at radius 3 is 2.90 bits per heavy atom. The molecule has 1 aliphatic rings. The number of hydrazine groups is 1. The molecule has 1 aliphatic carbocycles. The highest BCUT2D eigenvalue weighted by Crippen LogP contribution is 2.32. The van der Waals surface area contributed by atoms with Gasteiger partial charge in [-0.2, -0.15) is 0 Å². The van der Waals surface area contributed by atoms with Gasteiger partial charge in [0.25, 0.3) is 0 Å². The summed E-state index contributed by atoms with van der Waals surface area (Å²) in [7, 11) is 0. The summed E-state index contributed by atoms with van der Waals surface area (Å²) in [5.74, 6) is 1.53. The second-order valence-corrected chi connectivity index (χ2v) is 6.70. The molecule has 2 aromatic heterocycles. The summed E-state index contributed by atoms with van der Waals surface area (Å²) in [5, 5.41) is 1.13. The lowest BCUT2D eigenvalue weighted by molar-refractivity contribution is 0.551. The Hall–Kier alpha value is -1.62. The Balaban J connectivity index is 1.84. The number of nitrogens with zero attached hydrogens (tertiary/aromatic N) is 2. The zero-order valence-corrected chi connectivity index (χ0v) is 13.0. The lowest BCUT2D eigenvalue weighted by Gasteiger charge is -2.20. The van der Waals surface area contributed by atoms with Gasteiger partial charge in [0.15, 0.2) is 5.82 Å². The van der Waals surface area contributed by atoms with Crippen LogP contribution in [0, 0.1) is 19.8 Å². The molecule has 0 aromatic carbocycles. The highest BCUT2D eigenvalue weighted by molar-refractivity contribution is 7.18. The molecule has 2 heterocycles. The first-order valence-electron chi connectivity index (χ1n) is 7.08. The van der Waals surface area contributed by atoms with Crippen LogP contribution in [0.25, 0.3) is 10.2 Å². The van der Waals surface area contributed by atoms with Crippen LogP contribution in [-0.4, -0.2) is 9.97 Å². The molecule has 2 aromatic rings. The van der Waals surface area contributed by atoms with E-state index in [2.05, 4.69) is 47.7 Å². The minimum absolute atomic E-state index is 0.656. The van der Waals surface area contributed by atoms with Gasteiger partial charge < -0.3 is 5.43 Å². The number of thiophene rings is 1. The van der Waals surface area contributed by atoms with E-state index in [-0.39, 0.29) is 0 Å². The van der Waals surface area contributed by atoms with Crippen LogP contribution < -0.4 is 10.9 Å². The number of nitrogens with one attached hydrogen (secondary N) is 2. The third kappa shape index (κ3) is 2.50. The normalized spacial score (nSPS) is 18.9. The molecule has 3 rings (SSSR count). The van der Waals surface area contributed by atoms with Gasteiger partial charge in [0.05, 0.1) is 5.39 Å². The lowest BCUT2D eigenvalue weighted by atomic mass is 9.96. The average Bonchev–Trinajstić information content (AvgIpc) is 2.73. The largest absolute Gasteiger partial charge is 0.304 e. The van der Waals surface area contributed by atoms with Crippen molar-refractivity contribution in [2.45, 2.75) is 40.0 Å². The Morgan fingerprint density at radius 1 is 1.25 bits per heavy atom. The van der Waals surface area contributed by atoms with E-state index in [1.165, 1.54) is 29.0 Å². The van der Waals surface area contributed by atoms with Crippen LogP contribution in [0.1, 0.15) is 36.6 Å². The zero-order chi connectivity index (χ0) is 14.1. The van der Waals surface area contributed by atoms with Crippen molar-refractivity contribution in [3.8, 4) is 0 Å². The van der Waals surface area contributed by atoms with Crippen molar-refractivity contribution in [3.05, 3.63) is 28.5 Å². The molecular weight excluding hydrogens is 268 g/mol. The number of aryl methyl sites for hydroxylation is 2. The molecular formula is C15H20N4S. The van der Waals surface area contributed by atoms with Crippen LogP contribution in [0.3, 0.4) is 0 Å². The molecule has 0 aliphatic heterocycles. The molecule has 0 bridgehead atoms. The van der Waals surface area contributed by atoms with Gasteiger partial charge >= 0.3 is 0 Å². The fourth-order valence-electron chi connectivity index (χ4n) is 2.65. The van der Waals surface area contributed by atoms with Crippen LogP contribution in [0.5, 0.6) is 0 Å². The van der Waals surface area contributed by atoms with Gasteiger partial charge in [0.1, 0.15) is 11.2 Å². The van der Waals surface area contributed by atoms with E-state index in [4.69, 9.17) is 0 Å². The molecule has 2 N–H and O–H groups in total. The second-order valence-electron chi connectivity index (χ2n) is 5.50. The summed E-state index contributed by atoms with van der Waals surface area (Å²) in [6.07, 6.45) is 7.57. The van der Waals surface area contributed by atoms with Gasteiger partial charge in [-0.3, -0.25) is 5.43 Å². The summed E-state index contributed by atoms with van der Waals surface area (Å²) in [6, 6.07) is 0. The van der Waals surface area contributed by atoms with Gasteiger partial charge in [-0.1, -0.05) is 13.0 Å². The highest BCUT2D eigenvalue weighted by atomic mass is 32.1. The number of allylic oxidation sites excluding steroid dienone is 2. The number of hydrogen-bond acceptors (Lipinski definition) is 5. The predicted octanol–water partition coefficient (Wildman–Crippen LogP) is 3.93. The first-order valence-corrected chi connectivity index (χ1v) is 7.90. The number of rotatable bonds is 3. The average molecular weight is 288 g/mol. The van der Waals surface area contributed by atoms with Crippen LogP contribution in [0.4, 0.5) is 5.82 Å². The zero-order valence-electron chi connectivity index (χ0n) is 12.2. The Bertz CT molecular complexity index is 659. The van der Waals surface area contributed by atoms with Crippen LogP contribution in [0.2, 0.25) is 0 Å². The second kappa shape index (κ2) is 5.40. The van der Waals surface area contributed by atoms with Crippen molar-refractivity contribution in [2.24, 2.45) is 5.92 Å². The maximum atomic E-state index is 4.38. The van der Waals surface area contributed by atoms with E-state index in [1.54, 1.807) is 17.7 Å². The molecule has 0 unspecified atom stereocenters. The van der Waals surface area contributed by atoms with Crippen LogP contribution in [-0.2, 0) is 0 Å². The molecule has 0 radical (unpaired) electrons. The van der Waals surface area contributed by atoms with E-state index in [0.29, 0.717) is 5.92 Å². The first-order chi connectivity index (χ1) is 9.65. The number of anilines is 1. The summed E-state index contributed by atoms with van der Waals surface area (Å²) in [6.45, 7) is 6.52. The molecule has 0 saturated heterocycles. The van der Waals surface area contributed by atoms with Crippen molar-refractivity contribution in [3.63, 3.8) is 0 Å². The molecule has 5 heteroatoms. The topological polar surface area (TPSA) is 49.8 Å². The standard InChI is InChI=1S/C15H20N4S/c1-9-5-4-6-12(7-9)18-19-14-13-10(2)11(3)20-15(13)17-8-16-14/h7-9,18H,4-6H2,1-3H3,(H,16,17,19)/t9-/m0/s1. The minimum Gasteiger partial charge on any atom is -0.304 e. The van der Waals surface area contributed by atoms with Crippen LogP contribution in [0.15, 0.2) is 18.1 Å². The summed E-state index contributed by atoms with van der Waals surface area (Å²) in [5.41, 5.74) is 9.12. The quantitative estimate of drug-likeness (QED) is 0.840. The Morgan fingerprint density at radius 2 is 2.10 bits per heavy atom. The van der Waals surface area contributed by atoms with Gasteiger partial charge in [0, 0.05) is 10.6 Å². The van der Waals surface area contributed by atoms with Gasteiger partial charge in [-0.15, -0.1) is 11.3 Å². The summed E-state index contributed by atoms with van der Waals surface area (Å²) in [4.78, 5) is 11.1. The van der Waals surface area contributed by atoms with E-state index in [0.717, 1.165) is 22.5 Å². The molecule has 0 fully saturated rings. The smallest absolute Gasteiger partial charge is 0.156 e. The van der Waals surface area contributed by atoms with Crippen molar-refractivity contribution < 1.29 is 0 Å². The lowest BCUT2D eigenvalue weighted by Crippen LogP contribution is -2.24. The fraction of sp³-hybridized carbons (Fsp3) is 0.467. The monoisotopic (exact) mass is 288 g/mol. The molecule has 0 amide bonds. The van der Waals surface area contributed by atoms with Crippen molar-refractivity contribution in [2.75, 3.05) is 5.43 Å². The maximum Gasteiger partial charge on any atom is 0.156 e. The van der Waals surface area contributed by atoms with Gasteiger partial charge in [-0.05, 0) is 44.6 Å². The molecule has 1 atom stereocenters. The Kier molecular flexibility index (Phi) is 3.61. The minimum atomic E-state index is 0.656. The number of aromatic nitrogens is 2. The van der Waals surface area contributed by atoms with Gasteiger partial charge in [-0.25, -0.2) is 9.97 Å². The van der Waals surface area contributed by atoms with E-state index < -0.39 is 0 Å². The number of hydrogen-bond donors (Lipinski definition) is 2. The third-order valence-electron chi connectivity index (χ3n) is 3.90. The van der Waals surface area contributed by atoms with E-state index >= 15 is 0 Å². The molecule has 0 spiro atoms. The molecule has 106 valence electrons. The third-order valence-corrected chi connectivity index (χ3v) is 5.01. The first kappa shape index (κ1) is 13.4. The van der Waals surface area contributed by atoms with Gasteiger partial charge in [0.2, 0.25) is 0 Å². The molecule has 0 saturated carbocycles. The SMILES string of the molecule is Cc1sc2ncnc(NNC3=C[C@@H](C)CCC3)c2c1C. The number of fused-ring (bicyclic) bond motifs is 1. The summed E-state index contributed by atoms with van der Waals surface area (Å²) >= 11 is 1.72. The van der Waals surface area contributed by atoms with Crippen LogP contribution >= 0.6 is 11.3 Å². The fourth-order valence-corrected chi connectivity index (χ4v) is 3.64. The van der Waals surface area contributed by atoms with Crippen molar-refractivity contribution in [1.29, 1.82) is 0 Å². The maximum absolute atomic E-state index is 4.38. The van der Waals surface area contributed by atoms with E-state index in [1.807, 2.05) is 0 Å². The molecule has 4 nitrogen and oxygen atoms in total. The molecule has 20 heavy (non-hydrogen) atoms. The Labute approximate surface area is 123 Å². The van der Waals surface area contributed by atoms with E-state index in [9.17, 15) is 0 Å². The van der Waals surface area contributed by atoms with Crippen molar-refractivity contribution in [1.82, 2.24) is 15.4 Å².